The van der Waals surface area contributed by atoms with E-state index >= 15 is 0 Å². The minimum atomic E-state index is -0.773. The Labute approximate surface area is 157 Å². The van der Waals surface area contributed by atoms with Crippen molar-refractivity contribution in [1.29, 1.82) is 0 Å². The van der Waals surface area contributed by atoms with Crippen LogP contribution in [0.15, 0.2) is 42.5 Å². The summed E-state index contributed by atoms with van der Waals surface area (Å²) in [5, 5.41) is 0.508. The van der Waals surface area contributed by atoms with Gasteiger partial charge in [0, 0.05) is 5.02 Å². The molecule has 0 saturated carbocycles. The molecule has 6 nitrogen and oxygen atoms in total. The number of rotatable bonds is 6. The smallest absolute Gasteiger partial charge is 0.279 e. The number of halogens is 1. The van der Waals surface area contributed by atoms with Crippen molar-refractivity contribution >= 4 is 23.4 Å². The van der Waals surface area contributed by atoms with Crippen molar-refractivity contribution in [2.24, 2.45) is 0 Å². The van der Waals surface area contributed by atoms with Crippen molar-refractivity contribution in [2.75, 3.05) is 6.61 Å². The van der Waals surface area contributed by atoms with E-state index < -0.39 is 17.9 Å². The van der Waals surface area contributed by atoms with Gasteiger partial charge in [-0.15, -0.1) is 0 Å². The fraction of sp³-hybridized carbons (Fsp3) is 0.263. The Bertz CT molecular complexity index is 795. The highest BCUT2D eigenvalue weighted by Crippen LogP contribution is 2.21. The highest BCUT2D eigenvalue weighted by Gasteiger charge is 2.16. The Balaban J connectivity index is 1.78. The van der Waals surface area contributed by atoms with Crippen LogP contribution in [-0.4, -0.2) is 24.5 Å². The van der Waals surface area contributed by atoms with E-state index in [2.05, 4.69) is 10.9 Å². The lowest BCUT2D eigenvalue weighted by molar-refractivity contribution is -0.133. The van der Waals surface area contributed by atoms with Gasteiger partial charge in [0.15, 0.2) is 12.7 Å². The number of nitrogens with one attached hydrogen (secondary N) is 2. The molecular weight excluding hydrogens is 356 g/mol. The van der Waals surface area contributed by atoms with Gasteiger partial charge in [-0.3, -0.25) is 20.4 Å². The summed E-state index contributed by atoms with van der Waals surface area (Å²) in [7, 11) is 0. The van der Waals surface area contributed by atoms with Gasteiger partial charge in [-0.1, -0.05) is 29.8 Å². The molecule has 0 saturated heterocycles. The maximum absolute atomic E-state index is 12.1. The summed E-state index contributed by atoms with van der Waals surface area (Å²) in [5.74, 6) is 0.119. The molecule has 0 radical (unpaired) electrons. The molecule has 0 aliphatic carbocycles. The van der Waals surface area contributed by atoms with E-state index in [1.165, 1.54) is 0 Å². The topological polar surface area (TPSA) is 76.7 Å². The summed E-state index contributed by atoms with van der Waals surface area (Å²) in [4.78, 5) is 23.8. The summed E-state index contributed by atoms with van der Waals surface area (Å²) in [6.45, 7) is 5.23. The molecule has 0 heterocycles. The molecule has 2 rings (SSSR count). The van der Waals surface area contributed by atoms with Gasteiger partial charge in [0.1, 0.15) is 11.5 Å². The van der Waals surface area contributed by atoms with Crippen LogP contribution in [-0.2, 0) is 9.59 Å². The van der Waals surface area contributed by atoms with Gasteiger partial charge in [-0.05, 0) is 56.2 Å². The molecule has 0 aliphatic rings. The maximum Gasteiger partial charge on any atom is 0.279 e. The first kappa shape index (κ1) is 19.6. The van der Waals surface area contributed by atoms with Crippen LogP contribution in [0.4, 0.5) is 0 Å². The minimum absolute atomic E-state index is 0.257. The lowest BCUT2D eigenvalue weighted by atomic mass is 10.1. The number of ether oxygens (including phenoxy) is 2. The molecule has 2 N–H and O–H groups in total. The first-order valence-electron chi connectivity index (χ1n) is 8.06. The van der Waals surface area contributed by atoms with Crippen LogP contribution in [0.25, 0.3) is 0 Å². The number of amides is 2. The van der Waals surface area contributed by atoms with Crippen LogP contribution in [0, 0.1) is 13.8 Å². The Morgan fingerprint density at radius 2 is 1.85 bits per heavy atom. The molecule has 0 bridgehead atoms. The summed E-state index contributed by atoms with van der Waals surface area (Å²) < 4.78 is 10.9. The standard InChI is InChI=1S/C19H21ClN2O4/c1-12-6-4-9-17(13(12)2)26-14(3)19(24)22-21-18(23)11-25-16-8-5-7-15(20)10-16/h4-10,14H,11H2,1-3H3,(H,21,23)(H,22,24)/t14-/m1/s1. The summed E-state index contributed by atoms with van der Waals surface area (Å²) >= 11 is 5.83. The van der Waals surface area contributed by atoms with Crippen LogP contribution in [0.1, 0.15) is 18.1 Å². The van der Waals surface area contributed by atoms with Crippen LogP contribution in [0.2, 0.25) is 5.02 Å². The average molecular weight is 377 g/mol. The van der Waals surface area contributed by atoms with Crippen molar-refractivity contribution in [3.63, 3.8) is 0 Å². The lowest BCUT2D eigenvalue weighted by Gasteiger charge is -2.17. The third-order valence-corrected chi connectivity index (χ3v) is 3.95. The van der Waals surface area contributed by atoms with Crippen LogP contribution in [0.5, 0.6) is 11.5 Å². The third-order valence-electron chi connectivity index (χ3n) is 3.72. The lowest BCUT2D eigenvalue weighted by Crippen LogP contribution is -2.48. The zero-order valence-electron chi connectivity index (χ0n) is 14.8. The molecule has 7 heteroatoms. The van der Waals surface area contributed by atoms with E-state index in [4.69, 9.17) is 21.1 Å². The molecule has 26 heavy (non-hydrogen) atoms. The molecular formula is C19H21ClN2O4. The van der Waals surface area contributed by atoms with Crippen LogP contribution < -0.4 is 20.3 Å². The second kappa shape index (κ2) is 9.10. The quantitative estimate of drug-likeness (QED) is 0.760. The maximum atomic E-state index is 12.1. The van der Waals surface area contributed by atoms with Gasteiger partial charge in [0.05, 0.1) is 0 Å². The number of aryl methyl sites for hydroxylation is 1. The Morgan fingerprint density at radius 3 is 2.58 bits per heavy atom. The largest absolute Gasteiger partial charge is 0.484 e. The average Bonchev–Trinajstić information content (AvgIpc) is 2.61. The highest BCUT2D eigenvalue weighted by molar-refractivity contribution is 6.30. The summed E-state index contributed by atoms with van der Waals surface area (Å²) in [5.41, 5.74) is 6.63. The molecule has 2 amide bonds. The van der Waals surface area contributed by atoms with E-state index in [-0.39, 0.29) is 6.61 Å². The van der Waals surface area contributed by atoms with E-state index in [1.807, 2.05) is 26.0 Å². The molecule has 0 spiro atoms. The van der Waals surface area contributed by atoms with E-state index in [0.717, 1.165) is 11.1 Å². The van der Waals surface area contributed by atoms with Crippen molar-refractivity contribution in [2.45, 2.75) is 26.9 Å². The summed E-state index contributed by atoms with van der Waals surface area (Å²) in [6.07, 6.45) is -0.773. The molecule has 0 aliphatic heterocycles. The van der Waals surface area contributed by atoms with Gasteiger partial charge in [0.25, 0.3) is 11.8 Å². The summed E-state index contributed by atoms with van der Waals surface area (Å²) in [6, 6.07) is 12.3. The number of carbonyl (C=O) groups is 2. The fourth-order valence-corrected chi connectivity index (χ4v) is 2.25. The molecule has 0 aromatic heterocycles. The van der Waals surface area contributed by atoms with Crippen LogP contribution >= 0.6 is 11.6 Å². The van der Waals surface area contributed by atoms with Gasteiger partial charge < -0.3 is 9.47 Å². The van der Waals surface area contributed by atoms with Gasteiger partial charge in [-0.2, -0.15) is 0 Å². The number of hydrazine groups is 1. The highest BCUT2D eigenvalue weighted by atomic mass is 35.5. The van der Waals surface area contributed by atoms with Crippen molar-refractivity contribution in [3.8, 4) is 11.5 Å². The Hall–Kier alpha value is -2.73. The predicted octanol–water partition coefficient (Wildman–Crippen LogP) is 2.95. The van der Waals surface area contributed by atoms with Crippen LogP contribution in [0.3, 0.4) is 0 Å². The van der Waals surface area contributed by atoms with Gasteiger partial charge >= 0.3 is 0 Å². The number of hydrogen-bond donors (Lipinski definition) is 2. The fourth-order valence-electron chi connectivity index (χ4n) is 2.07. The monoisotopic (exact) mass is 376 g/mol. The Kier molecular flexibility index (Phi) is 6.86. The minimum Gasteiger partial charge on any atom is -0.484 e. The normalized spacial score (nSPS) is 11.4. The SMILES string of the molecule is Cc1cccc(O[C@H](C)C(=O)NNC(=O)COc2cccc(Cl)c2)c1C. The molecule has 0 fully saturated rings. The molecule has 0 unspecified atom stereocenters. The van der Waals surface area contributed by atoms with E-state index in [9.17, 15) is 9.59 Å². The molecule has 1 atom stereocenters. The molecule has 2 aromatic carbocycles. The zero-order valence-corrected chi connectivity index (χ0v) is 15.6. The first-order chi connectivity index (χ1) is 12.4. The van der Waals surface area contributed by atoms with E-state index in [1.54, 1.807) is 37.3 Å². The zero-order chi connectivity index (χ0) is 19.1. The second-order valence-corrected chi connectivity index (χ2v) is 6.18. The third kappa shape index (κ3) is 5.67. The van der Waals surface area contributed by atoms with Crippen molar-refractivity contribution < 1.29 is 19.1 Å². The number of carbonyl (C=O) groups excluding carboxylic acids is 2. The molecule has 2 aromatic rings. The van der Waals surface area contributed by atoms with Gasteiger partial charge in [-0.25, -0.2) is 0 Å². The first-order valence-corrected chi connectivity index (χ1v) is 8.44. The van der Waals surface area contributed by atoms with Crippen molar-refractivity contribution in [3.05, 3.63) is 58.6 Å². The molecule has 138 valence electrons. The predicted molar refractivity (Wildman–Crippen MR) is 99.2 cm³/mol. The number of benzene rings is 2. The van der Waals surface area contributed by atoms with E-state index in [0.29, 0.717) is 16.5 Å². The van der Waals surface area contributed by atoms with Crippen molar-refractivity contribution in [1.82, 2.24) is 10.9 Å². The van der Waals surface area contributed by atoms with Gasteiger partial charge in [0.2, 0.25) is 0 Å². The number of hydrogen-bond acceptors (Lipinski definition) is 4. The Morgan fingerprint density at radius 1 is 1.12 bits per heavy atom. The second-order valence-electron chi connectivity index (χ2n) is 5.74.